The number of hydrogen-bond donors (Lipinski definition) is 2. The Labute approximate surface area is 198 Å². The Morgan fingerprint density at radius 3 is 2.61 bits per heavy atom. The summed E-state index contributed by atoms with van der Waals surface area (Å²) in [6.07, 6.45) is 0. The Kier molecular flexibility index (Phi) is 6.36. The number of thiocarbonyl (C=S) groups is 1. The average molecular weight is 514 g/mol. The van der Waals surface area contributed by atoms with Crippen molar-refractivity contribution in [1.29, 1.82) is 0 Å². The van der Waals surface area contributed by atoms with E-state index in [0.29, 0.717) is 17.3 Å². The molecule has 1 heterocycles. The molecule has 0 aliphatic carbocycles. The molecule has 0 fully saturated rings. The number of aryl methyl sites for hydroxylation is 1. The molecule has 8 heteroatoms. The van der Waals surface area contributed by atoms with Gasteiger partial charge < -0.3 is 15.0 Å². The van der Waals surface area contributed by atoms with E-state index in [9.17, 15) is 5.11 Å². The lowest BCUT2D eigenvalue weighted by atomic mass is 10.2. The van der Waals surface area contributed by atoms with Crippen LogP contribution in [0.4, 0.5) is 11.4 Å². The normalized spacial score (nSPS) is 11.3. The third kappa shape index (κ3) is 4.79. The number of aromatic nitrogens is 1. The first-order valence-corrected chi connectivity index (χ1v) is 11.0. The molecule has 0 unspecified atom stereocenters. The smallest absolute Gasteiger partial charge is 0.221 e. The minimum Gasteiger partial charge on any atom is -0.493 e. The Bertz CT molecular complexity index is 1300. The van der Waals surface area contributed by atoms with Crippen molar-refractivity contribution in [2.45, 2.75) is 13.5 Å². The molecular formula is C23H18BrClN4OS. The van der Waals surface area contributed by atoms with Crippen LogP contribution in [0.2, 0.25) is 5.02 Å². The fourth-order valence-electron chi connectivity index (χ4n) is 3.23. The van der Waals surface area contributed by atoms with Gasteiger partial charge >= 0.3 is 0 Å². The summed E-state index contributed by atoms with van der Waals surface area (Å²) in [5, 5.41) is 24.0. The molecular weight excluding hydrogens is 496 g/mol. The second kappa shape index (κ2) is 9.18. The lowest BCUT2D eigenvalue weighted by Crippen LogP contribution is -2.04. The SMILES string of the molecule is Cc1ccc(NC(=S)N=Nc2c(O)n(Cc3ccccc3Cl)c3ccc(Br)cc23)cc1. The summed E-state index contributed by atoms with van der Waals surface area (Å²) in [5.74, 6) is -0.00472. The minimum absolute atomic E-state index is 0.00472. The predicted octanol–water partition coefficient (Wildman–Crippen LogP) is 7.60. The molecule has 2 N–H and O–H groups in total. The van der Waals surface area contributed by atoms with Crippen molar-refractivity contribution >= 4 is 67.1 Å². The molecule has 0 radical (unpaired) electrons. The summed E-state index contributed by atoms with van der Waals surface area (Å²) in [4.78, 5) is 0. The van der Waals surface area contributed by atoms with E-state index in [1.807, 2.05) is 73.7 Å². The second-order valence-electron chi connectivity index (χ2n) is 7.01. The number of halogens is 2. The molecule has 0 aliphatic heterocycles. The van der Waals surface area contributed by atoms with Gasteiger partial charge in [0, 0.05) is 20.6 Å². The van der Waals surface area contributed by atoms with E-state index < -0.39 is 0 Å². The van der Waals surface area contributed by atoms with Gasteiger partial charge in [-0.1, -0.05) is 63.4 Å². The van der Waals surface area contributed by atoms with Crippen molar-refractivity contribution in [2.75, 3.05) is 5.32 Å². The number of azo groups is 1. The Morgan fingerprint density at radius 1 is 1.13 bits per heavy atom. The monoisotopic (exact) mass is 512 g/mol. The molecule has 1 aromatic heterocycles. The Morgan fingerprint density at radius 2 is 1.87 bits per heavy atom. The van der Waals surface area contributed by atoms with Gasteiger partial charge in [-0.15, -0.1) is 10.2 Å². The molecule has 0 spiro atoms. The van der Waals surface area contributed by atoms with Crippen LogP contribution in [0.25, 0.3) is 10.9 Å². The molecule has 0 atom stereocenters. The van der Waals surface area contributed by atoms with Gasteiger partial charge in [0.15, 0.2) is 5.69 Å². The van der Waals surface area contributed by atoms with Crippen LogP contribution in [0, 0.1) is 6.92 Å². The van der Waals surface area contributed by atoms with Crippen molar-refractivity contribution in [3.05, 3.63) is 87.4 Å². The number of rotatable bonds is 4. The third-order valence-electron chi connectivity index (χ3n) is 4.80. The summed E-state index contributed by atoms with van der Waals surface area (Å²) in [7, 11) is 0. The highest BCUT2D eigenvalue weighted by Crippen LogP contribution is 2.41. The van der Waals surface area contributed by atoms with Crippen LogP contribution in [0.15, 0.2) is 81.4 Å². The average Bonchev–Trinajstić information content (AvgIpc) is 3.00. The van der Waals surface area contributed by atoms with Crippen LogP contribution < -0.4 is 5.32 Å². The highest BCUT2D eigenvalue weighted by molar-refractivity contribution is 9.10. The molecule has 4 aromatic rings. The molecule has 31 heavy (non-hydrogen) atoms. The Hall–Kier alpha value is -2.74. The van der Waals surface area contributed by atoms with E-state index >= 15 is 0 Å². The highest BCUT2D eigenvalue weighted by Gasteiger charge is 2.18. The summed E-state index contributed by atoms with van der Waals surface area (Å²) in [6, 6.07) is 21.1. The molecule has 3 aromatic carbocycles. The molecule has 5 nitrogen and oxygen atoms in total. The Balaban J connectivity index is 1.68. The summed E-state index contributed by atoms with van der Waals surface area (Å²) in [5.41, 5.74) is 4.02. The van der Waals surface area contributed by atoms with Gasteiger partial charge in [0.25, 0.3) is 0 Å². The molecule has 4 rings (SSSR count). The first kappa shape index (κ1) is 21.5. The second-order valence-corrected chi connectivity index (χ2v) is 8.72. The van der Waals surface area contributed by atoms with Gasteiger partial charge in [0.05, 0.1) is 12.1 Å². The first-order chi connectivity index (χ1) is 14.9. The lowest BCUT2D eigenvalue weighted by Gasteiger charge is -2.08. The quantitative estimate of drug-likeness (QED) is 0.218. The van der Waals surface area contributed by atoms with Gasteiger partial charge in [-0.2, -0.15) is 0 Å². The van der Waals surface area contributed by atoms with E-state index in [1.54, 1.807) is 4.57 Å². The van der Waals surface area contributed by atoms with E-state index in [0.717, 1.165) is 32.2 Å². The van der Waals surface area contributed by atoms with Gasteiger partial charge in [-0.05, 0) is 61.1 Å². The van der Waals surface area contributed by atoms with Crippen molar-refractivity contribution in [3.63, 3.8) is 0 Å². The number of benzene rings is 3. The number of aromatic hydroxyl groups is 1. The van der Waals surface area contributed by atoms with Crippen LogP contribution >= 0.6 is 39.7 Å². The number of nitrogens with zero attached hydrogens (tertiary/aromatic N) is 3. The fourth-order valence-corrected chi connectivity index (χ4v) is 3.95. The maximum absolute atomic E-state index is 11.0. The van der Waals surface area contributed by atoms with Crippen molar-refractivity contribution < 1.29 is 5.11 Å². The lowest BCUT2D eigenvalue weighted by molar-refractivity contribution is 0.429. The number of hydrogen-bond acceptors (Lipinski definition) is 3. The maximum Gasteiger partial charge on any atom is 0.221 e. The summed E-state index contributed by atoms with van der Waals surface area (Å²) < 4.78 is 2.63. The highest BCUT2D eigenvalue weighted by atomic mass is 79.9. The predicted molar refractivity (Wildman–Crippen MR) is 134 cm³/mol. The van der Waals surface area contributed by atoms with Gasteiger partial charge in [-0.3, -0.25) is 0 Å². The number of nitrogens with one attached hydrogen (secondary N) is 1. The van der Waals surface area contributed by atoms with E-state index in [-0.39, 0.29) is 11.0 Å². The van der Waals surface area contributed by atoms with Crippen LogP contribution in [0.5, 0.6) is 5.88 Å². The molecule has 156 valence electrons. The summed E-state index contributed by atoms with van der Waals surface area (Å²) >= 11 is 15.1. The standard InChI is InChI=1S/C23H18BrClN4OS/c1-14-6-9-17(10-7-14)26-23(31)28-27-21-18-12-16(24)8-11-20(18)29(22(21)30)13-15-4-2-3-5-19(15)25/h2-12,30H,13H2,1H3,(H,26,31). The van der Waals surface area contributed by atoms with E-state index in [4.69, 9.17) is 23.8 Å². The molecule has 0 saturated heterocycles. The number of fused-ring (bicyclic) bond motifs is 1. The van der Waals surface area contributed by atoms with Crippen molar-refractivity contribution in [3.8, 4) is 5.88 Å². The maximum atomic E-state index is 11.0. The van der Waals surface area contributed by atoms with Crippen LogP contribution in [-0.2, 0) is 6.54 Å². The van der Waals surface area contributed by atoms with Crippen molar-refractivity contribution in [2.24, 2.45) is 10.2 Å². The van der Waals surface area contributed by atoms with Crippen LogP contribution in [0.3, 0.4) is 0 Å². The van der Waals surface area contributed by atoms with Gasteiger partial charge in [0.1, 0.15) is 0 Å². The van der Waals surface area contributed by atoms with Gasteiger partial charge in [0.2, 0.25) is 11.0 Å². The third-order valence-corrected chi connectivity index (χ3v) is 5.85. The largest absolute Gasteiger partial charge is 0.493 e. The molecule has 0 aliphatic rings. The zero-order valence-electron chi connectivity index (χ0n) is 16.5. The van der Waals surface area contributed by atoms with Crippen LogP contribution in [-0.4, -0.2) is 14.8 Å². The van der Waals surface area contributed by atoms with Crippen LogP contribution in [0.1, 0.15) is 11.1 Å². The van der Waals surface area contributed by atoms with E-state index in [2.05, 4.69) is 31.5 Å². The van der Waals surface area contributed by atoms with E-state index in [1.165, 1.54) is 0 Å². The topological polar surface area (TPSA) is 61.9 Å². The number of anilines is 1. The van der Waals surface area contributed by atoms with Gasteiger partial charge in [-0.25, -0.2) is 0 Å². The first-order valence-electron chi connectivity index (χ1n) is 9.46. The molecule has 0 bridgehead atoms. The van der Waals surface area contributed by atoms with Crippen molar-refractivity contribution in [1.82, 2.24) is 4.57 Å². The molecule has 0 saturated carbocycles. The fraction of sp³-hybridized carbons (Fsp3) is 0.0870. The zero-order chi connectivity index (χ0) is 22.0. The zero-order valence-corrected chi connectivity index (χ0v) is 19.7. The minimum atomic E-state index is -0.00472. The summed E-state index contributed by atoms with van der Waals surface area (Å²) in [6.45, 7) is 2.41. The molecule has 0 amide bonds.